The number of carbonyl (C=O) groups is 3. The van der Waals surface area contributed by atoms with Crippen LogP contribution in [0.4, 0.5) is 0 Å². The average Bonchev–Trinajstić information content (AvgIpc) is 3.75. The first-order chi connectivity index (χ1) is 46.6. The number of esters is 2. The molecule has 0 amide bonds. The average molecular weight is 1330 g/mol. The molecular weight excluding hydrogens is 1170 g/mol. The summed E-state index contributed by atoms with van der Waals surface area (Å²) in [5, 5.41) is 11.9. The number of quaternary nitrogens is 1. The van der Waals surface area contributed by atoms with Gasteiger partial charge in [-0.25, -0.2) is 0 Å². The number of hydrogen-bond donors (Lipinski definition) is 0. The van der Waals surface area contributed by atoms with Gasteiger partial charge >= 0.3 is 11.9 Å². The van der Waals surface area contributed by atoms with E-state index in [0.29, 0.717) is 23.9 Å². The molecule has 2 unspecified atom stereocenters. The van der Waals surface area contributed by atoms with Crippen molar-refractivity contribution in [3.8, 4) is 0 Å². The van der Waals surface area contributed by atoms with Gasteiger partial charge in [-0.3, -0.25) is 9.59 Å². The van der Waals surface area contributed by atoms with Gasteiger partial charge in [0.15, 0.2) is 12.4 Å². The van der Waals surface area contributed by atoms with Crippen LogP contribution < -0.4 is 5.11 Å². The van der Waals surface area contributed by atoms with Crippen LogP contribution in [-0.2, 0) is 33.3 Å². The van der Waals surface area contributed by atoms with Gasteiger partial charge in [0.1, 0.15) is 13.2 Å². The third-order valence-electron chi connectivity index (χ3n) is 18.1. The summed E-state index contributed by atoms with van der Waals surface area (Å²) in [6.07, 6.45) is 101. The van der Waals surface area contributed by atoms with Crippen molar-refractivity contribution in [1.82, 2.24) is 0 Å². The van der Waals surface area contributed by atoms with Gasteiger partial charge in [-0.1, -0.05) is 369 Å². The van der Waals surface area contributed by atoms with E-state index < -0.39 is 24.3 Å². The number of carboxylic acid groups (broad SMARTS) is 1. The number of likely N-dealkylation sites (N-methyl/N-ethyl adjacent to an activating group) is 1. The predicted octanol–water partition coefficient (Wildman–Crippen LogP) is 24.8. The number of allylic oxidation sites excluding steroid dienone is 14. The lowest BCUT2D eigenvalue weighted by Gasteiger charge is -2.26. The number of hydrogen-bond acceptors (Lipinski definition) is 8. The number of unbranched alkanes of at least 4 members (excludes halogenated alkanes) is 47. The van der Waals surface area contributed by atoms with Crippen LogP contribution in [0.5, 0.6) is 0 Å². The predicted molar refractivity (Wildman–Crippen MR) is 408 cm³/mol. The maximum atomic E-state index is 13.0. The first-order valence-corrected chi connectivity index (χ1v) is 40.7. The van der Waals surface area contributed by atoms with Crippen LogP contribution in [0.25, 0.3) is 0 Å². The highest BCUT2D eigenvalue weighted by molar-refractivity contribution is 5.70. The van der Waals surface area contributed by atoms with Crippen LogP contribution in [0.1, 0.15) is 386 Å². The minimum Gasteiger partial charge on any atom is -0.545 e. The maximum Gasteiger partial charge on any atom is 0.306 e. The molecule has 0 aromatic heterocycles. The number of aliphatic carboxylic acids is 1. The molecule has 0 saturated heterocycles. The molecule has 552 valence electrons. The van der Waals surface area contributed by atoms with Crippen LogP contribution >= 0.6 is 0 Å². The molecule has 2 atom stereocenters. The first-order valence-electron chi connectivity index (χ1n) is 40.7. The number of ether oxygens (including phenoxy) is 4. The Morgan fingerprint density at radius 2 is 0.600 bits per heavy atom. The Morgan fingerprint density at radius 1 is 0.326 bits per heavy atom. The summed E-state index contributed by atoms with van der Waals surface area (Å²) in [7, 11) is 5.95. The van der Waals surface area contributed by atoms with E-state index in [1.54, 1.807) is 0 Å². The Bertz CT molecular complexity index is 1840. The van der Waals surface area contributed by atoms with E-state index >= 15 is 0 Å². The highest BCUT2D eigenvalue weighted by atomic mass is 16.7. The molecule has 9 heteroatoms. The fraction of sp³-hybridized carbons (Fsp3) is 0.802. The van der Waals surface area contributed by atoms with E-state index in [4.69, 9.17) is 18.9 Å². The molecule has 0 rings (SSSR count). The Morgan fingerprint density at radius 3 is 0.905 bits per heavy atom. The van der Waals surface area contributed by atoms with Crippen molar-refractivity contribution < 1.29 is 42.9 Å². The topological polar surface area (TPSA) is 111 Å². The second-order valence-electron chi connectivity index (χ2n) is 28.7. The molecule has 0 heterocycles. The van der Waals surface area contributed by atoms with E-state index in [0.717, 1.165) is 70.6 Å². The summed E-state index contributed by atoms with van der Waals surface area (Å²) < 4.78 is 22.9. The van der Waals surface area contributed by atoms with Crippen molar-refractivity contribution in [2.45, 2.75) is 399 Å². The molecule has 95 heavy (non-hydrogen) atoms. The Labute approximate surface area is 589 Å². The second kappa shape index (κ2) is 76.2. The minimum atomic E-state index is -1.62. The zero-order valence-electron chi connectivity index (χ0n) is 63.3. The Kier molecular flexibility index (Phi) is 73.4. The maximum absolute atomic E-state index is 13.0. The van der Waals surface area contributed by atoms with Crippen LogP contribution in [0.2, 0.25) is 0 Å². The van der Waals surface area contributed by atoms with Crippen molar-refractivity contribution in [2.75, 3.05) is 47.5 Å². The quantitative estimate of drug-likeness (QED) is 0.0195. The monoisotopic (exact) mass is 1330 g/mol. The van der Waals surface area contributed by atoms with E-state index in [1.165, 1.54) is 283 Å². The summed E-state index contributed by atoms with van der Waals surface area (Å²) in [4.78, 5) is 37.6. The lowest BCUT2D eigenvalue weighted by Crippen LogP contribution is -2.44. The van der Waals surface area contributed by atoms with Crippen LogP contribution in [0.3, 0.4) is 0 Å². The zero-order chi connectivity index (χ0) is 69.0. The zero-order valence-corrected chi connectivity index (χ0v) is 63.3. The van der Waals surface area contributed by atoms with Gasteiger partial charge in [0.2, 0.25) is 0 Å². The summed E-state index contributed by atoms with van der Waals surface area (Å²) in [6, 6.07) is 0. The molecule has 9 nitrogen and oxygen atoms in total. The standard InChI is InChI=1S/C86H155NO8/c1-6-8-10-12-14-16-18-20-22-24-26-28-30-32-34-36-38-40-41-42-43-45-47-49-51-53-55-57-59-61-63-65-67-69-71-73-75-77-84(89)95-82(81-94-86(85(90)91)92-79-78-87(3,4)5)80-93-83(88)76-74-72-70-68-66-64-62-60-58-56-54-52-50-48-46-44-39-37-35-33-31-29-27-25-23-21-19-17-15-13-11-9-7-2/h8,10,14,16,20,22,25-28,32,34,38,40,82,86H,6-7,9,11-13,15,17-19,21,23-24,29-31,33,35-37,39,41-81H2,1-5H3/b10-8-,16-14-,22-20-,27-25-,28-26-,34-32-,40-38-. The van der Waals surface area contributed by atoms with Gasteiger partial charge in [0, 0.05) is 12.8 Å². The van der Waals surface area contributed by atoms with Gasteiger partial charge in [-0.15, -0.1) is 0 Å². The summed E-state index contributed by atoms with van der Waals surface area (Å²) >= 11 is 0. The van der Waals surface area contributed by atoms with Crippen molar-refractivity contribution in [1.29, 1.82) is 0 Å². The third kappa shape index (κ3) is 77.7. The third-order valence-corrected chi connectivity index (χ3v) is 18.1. The van der Waals surface area contributed by atoms with E-state index in [1.807, 2.05) is 21.1 Å². The molecule has 0 N–H and O–H groups in total. The van der Waals surface area contributed by atoms with E-state index in [9.17, 15) is 19.5 Å². The van der Waals surface area contributed by atoms with Crippen LogP contribution in [-0.4, -0.2) is 82.3 Å². The molecule has 0 aliphatic rings. The molecule has 0 radical (unpaired) electrons. The fourth-order valence-corrected chi connectivity index (χ4v) is 12.0. The van der Waals surface area contributed by atoms with Crippen molar-refractivity contribution in [3.63, 3.8) is 0 Å². The number of carbonyl (C=O) groups excluding carboxylic acids is 3. The highest BCUT2D eigenvalue weighted by Crippen LogP contribution is 2.19. The van der Waals surface area contributed by atoms with Gasteiger partial charge in [0.25, 0.3) is 0 Å². The van der Waals surface area contributed by atoms with Gasteiger partial charge in [0.05, 0.1) is 40.3 Å². The molecule has 0 aromatic rings. The van der Waals surface area contributed by atoms with Gasteiger partial charge < -0.3 is 33.3 Å². The van der Waals surface area contributed by atoms with Crippen molar-refractivity contribution in [3.05, 3.63) is 85.1 Å². The molecular formula is C86H155NO8. The van der Waals surface area contributed by atoms with Crippen molar-refractivity contribution >= 4 is 17.9 Å². The fourth-order valence-electron chi connectivity index (χ4n) is 12.0. The Balaban J connectivity index is 3.99. The SMILES string of the molecule is CC/C=C\C/C=C\C/C=C\C/C=C\C/C=C\C/C=C\CCCCCCCCCCCCCCCCCCCCC(=O)OC(COC(=O)CCCCCCCCCCCCCCCCCCCCCCC/C=C\CCCCCCCCCC)COC(OCC[N+](C)(C)C)C(=O)[O-]. The highest BCUT2D eigenvalue weighted by Gasteiger charge is 2.22. The minimum absolute atomic E-state index is 0.148. The Hall–Kier alpha value is -3.53. The number of rotatable bonds is 76. The van der Waals surface area contributed by atoms with Crippen molar-refractivity contribution in [2.24, 2.45) is 0 Å². The summed E-state index contributed by atoms with van der Waals surface area (Å²) in [6.45, 7) is 4.69. The van der Waals surface area contributed by atoms with Gasteiger partial charge in [-0.05, 0) is 89.9 Å². The number of nitrogens with zero attached hydrogens (tertiary/aromatic N) is 1. The molecule has 0 fully saturated rings. The molecule has 0 aromatic carbocycles. The second-order valence-corrected chi connectivity index (χ2v) is 28.7. The van der Waals surface area contributed by atoms with E-state index in [-0.39, 0.29) is 32.2 Å². The lowest BCUT2D eigenvalue weighted by atomic mass is 10.0. The van der Waals surface area contributed by atoms with Crippen LogP contribution in [0, 0.1) is 0 Å². The molecule has 0 aliphatic carbocycles. The lowest BCUT2D eigenvalue weighted by molar-refractivity contribution is -0.870. The van der Waals surface area contributed by atoms with Crippen LogP contribution in [0.15, 0.2) is 85.1 Å². The molecule has 0 aliphatic heterocycles. The summed E-state index contributed by atoms with van der Waals surface area (Å²) in [5.41, 5.74) is 0. The number of carboxylic acids is 1. The first kappa shape index (κ1) is 91.5. The smallest absolute Gasteiger partial charge is 0.306 e. The normalized spacial score (nSPS) is 13.1. The van der Waals surface area contributed by atoms with Gasteiger partial charge in [-0.2, -0.15) is 0 Å². The van der Waals surface area contributed by atoms with E-state index in [2.05, 4.69) is 98.9 Å². The molecule has 0 saturated carbocycles. The summed E-state index contributed by atoms with van der Waals surface area (Å²) in [5.74, 6) is -2.26. The largest absolute Gasteiger partial charge is 0.545 e. The molecule has 0 spiro atoms. The molecule has 0 bridgehead atoms.